The minimum absolute atomic E-state index is 0.252. The van der Waals surface area contributed by atoms with E-state index < -0.39 is 5.60 Å². The minimum Gasteiger partial charge on any atom is -0.444 e. The molecule has 1 saturated carbocycles. The quantitative estimate of drug-likeness (QED) is 0.767. The minimum atomic E-state index is -0.421. The van der Waals surface area contributed by atoms with Crippen LogP contribution in [0.2, 0.25) is 0 Å². The molecule has 4 heteroatoms. The highest BCUT2D eigenvalue weighted by atomic mass is 16.6. The summed E-state index contributed by atoms with van der Waals surface area (Å²) < 4.78 is 10.6. The van der Waals surface area contributed by atoms with Crippen LogP contribution in [0.3, 0.4) is 0 Å². The van der Waals surface area contributed by atoms with E-state index in [9.17, 15) is 4.79 Å². The van der Waals surface area contributed by atoms with E-state index in [2.05, 4.69) is 5.32 Å². The summed E-state index contributed by atoms with van der Waals surface area (Å²) in [5.74, 6) is 0. The molecule has 1 saturated heterocycles. The number of carbonyl (C=O) groups is 1. The van der Waals surface area contributed by atoms with Crippen LogP contribution in [0.15, 0.2) is 0 Å². The predicted molar refractivity (Wildman–Crippen MR) is 64.9 cm³/mol. The third kappa shape index (κ3) is 3.35. The Labute approximate surface area is 103 Å². The molecular formula is C13H23NO3. The van der Waals surface area contributed by atoms with E-state index in [1.807, 2.05) is 20.8 Å². The molecular weight excluding hydrogens is 218 g/mol. The first-order valence-corrected chi connectivity index (χ1v) is 6.46. The summed E-state index contributed by atoms with van der Waals surface area (Å²) in [4.78, 5) is 11.7. The van der Waals surface area contributed by atoms with Gasteiger partial charge in [-0.05, 0) is 40.0 Å². The molecule has 0 bridgehead atoms. The summed E-state index contributed by atoms with van der Waals surface area (Å²) in [6.07, 6.45) is 4.20. The van der Waals surface area contributed by atoms with E-state index >= 15 is 0 Å². The van der Waals surface area contributed by atoms with Crippen molar-refractivity contribution in [2.75, 3.05) is 13.2 Å². The lowest BCUT2D eigenvalue weighted by atomic mass is 9.71. The van der Waals surface area contributed by atoms with Gasteiger partial charge in [-0.2, -0.15) is 0 Å². The molecule has 2 rings (SSSR count). The number of nitrogens with one attached hydrogen (secondary N) is 1. The van der Waals surface area contributed by atoms with Gasteiger partial charge < -0.3 is 14.8 Å². The molecule has 1 N–H and O–H groups in total. The summed E-state index contributed by atoms with van der Waals surface area (Å²) in [5.41, 5.74) is -0.0754. The van der Waals surface area contributed by atoms with E-state index in [0.29, 0.717) is 5.41 Å². The Bertz CT molecular complexity index is 292. The average Bonchev–Trinajstić information content (AvgIpc) is 2.12. The van der Waals surface area contributed by atoms with Crippen LogP contribution in [-0.4, -0.2) is 30.9 Å². The van der Waals surface area contributed by atoms with Gasteiger partial charge in [0, 0.05) is 11.5 Å². The van der Waals surface area contributed by atoms with Crippen molar-refractivity contribution >= 4 is 6.09 Å². The number of ether oxygens (including phenoxy) is 2. The maximum Gasteiger partial charge on any atom is 0.407 e. The summed E-state index contributed by atoms with van der Waals surface area (Å²) in [6, 6.07) is 0.252. The largest absolute Gasteiger partial charge is 0.444 e. The van der Waals surface area contributed by atoms with E-state index in [4.69, 9.17) is 9.47 Å². The van der Waals surface area contributed by atoms with Gasteiger partial charge in [0.15, 0.2) is 0 Å². The molecule has 1 spiro atoms. The molecule has 98 valence electrons. The lowest BCUT2D eigenvalue weighted by Gasteiger charge is -2.47. The lowest BCUT2D eigenvalue weighted by molar-refractivity contribution is -0.135. The molecule has 0 aromatic carbocycles. The maximum atomic E-state index is 11.7. The van der Waals surface area contributed by atoms with Crippen molar-refractivity contribution in [1.82, 2.24) is 5.32 Å². The molecule has 1 amide bonds. The predicted octanol–water partition coefficient (Wildman–Crippen LogP) is 2.47. The second-order valence-electron chi connectivity index (χ2n) is 6.43. The molecule has 17 heavy (non-hydrogen) atoms. The average molecular weight is 241 g/mol. The summed E-state index contributed by atoms with van der Waals surface area (Å²) in [6.45, 7) is 7.37. The maximum absolute atomic E-state index is 11.7. The van der Waals surface area contributed by atoms with Crippen LogP contribution in [0.1, 0.15) is 46.5 Å². The molecule has 1 aliphatic carbocycles. The zero-order valence-electron chi connectivity index (χ0n) is 11.0. The van der Waals surface area contributed by atoms with Crippen LogP contribution in [0.5, 0.6) is 0 Å². The fraction of sp³-hybridized carbons (Fsp3) is 0.923. The molecule has 0 radical (unpaired) electrons. The Morgan fingerprint density at radius 3 is 2.65 bits per heavy atom. The molecule has 1 aliphatic heterocycles. The van der Waals surface area contributed by atoms with Crippen molar-refractivity contribution in [2.24, 2.45) is 5.41 Å². The Morgan fingerprint density at radius 2 is 2.12 bits per heavy atom. The second-order valence-corrected chi connectivity index (χ2v) is 6.43. The smallest absolute Gasteiger partial charge is 0.407 e. The number of carbonyl (C=O) groups excluding carboxylic acids is 1. The standard InChI is InChI=1S/C13H23NO3/c1-12(2,3)17-11(15)14-10-5-4-6-13(7-10)8-16-9-13/h10H,4-9H2,1-3H3,(H,14,15). The summed E-state index contributed by atoms with van der Waals surface area (Å²) >= 11 is 0. The van der Waals surface area contributed by atoms with Crippen LogP contribution >= 0.6 is 0 Å². The third-order valence-corrected chi connectivity index (χ3v) is 3.48. The van der Waals surface area contributed by atoms with Gasteiger partial charge in [-0.25, -0.2) is 4.79 Å². The molecule has 0 aromatic heterocycles. The lowest BCUT2D eigenvalue weighted by Crippen LogP contribution is -2.51. The van der Waals surface area contributed by atoms with Gasteiger partial charge >= 0.3 is 6.09 Å². The van der Waals surface area contributed by atoms with Gasteiger partial charge in [0.05, 0.1) is 13.2 Å². The topological polar surface area (TPSA) is 47.6 Å². The van der Waals surface area contributed by atoms with Gasteiger partial charge in [-0.1, -0.05) is 6.42 Å². The van der Waals surface area contributed by atoms with Crippen molar-refractivity contribution in [2.45, 2.75) is 58.1 Å². The van der Waals surface area contributed by atoms with E-state index in [1.165, 1.54) is 12.8 Å². The van der Waals surface area contributed by atoms with Crippen molar-refractivity contribution in [1.29, 1.82) is 0 Å². The summed E-state index contributed by atoms with van der Waals surface area (Å²) in [5, 5.41) is 2.98. The fourth-order valence-corrected chi connectivity index (χ4v) is 2.70. The zero-order chi connectivity index (χ0) is 12.5. The number of rotatable bonds is 1. The van der Waals surface area contributed by atoms with Crippen LogP contribution < -0.4 is 5.32 Å². The number of amides is 1. The monoisotopic (exact) mass is 241 g/mol. The van der Waals surface area contributed by atoms with Crippen LogP contribution in [0.25, 0.3) is 0 Å². The zero-order valence-corrected chi connectivity index (χ0v) is 11.0. The molecule has 1 atom stereocenters. The Morgan fingerprint density at radius 1 is 1.41 bits per heavy atom. The van der Waals surface area contributed by atoms with Crippen molar-refractivity contribution in [3.05, 3.63) is 0 Å². The normalized spacial score (nSPS) is 27.4. The van der Waals surface area contributed by atoms with Gasteiger partial charge in [0.1, 0.15) is 5.60 Å². The van der Waals surface area contributed by atoms with Crippen LogP contribution in [0, 0.1) is 5.41 Å². The first-order valence-electron chi connectivity index (χ1n) is 6.46. The first-order chi connectivity index (χ1) is 7.89. The third-order valence-electron chi connectivity index (χ3n) is 3.48. The van der Waals surface area contributed by atoms with E-state index in [-0.39, 0.29) is 12.1 Å². The van der Waals surface area contributed by atoms with Crippen molar-refractivity contribution in [3.8, 4) is 0 Å². The fourth-order valence-electron chi connectivity index (χ4n) is 2.70. The molecule has 0 aromatic rings. The first kappa shape index (κ1) is 12.7. The van der Waals surface area contributed by atoms with Crippen molar-refractivity contribution < 1.29 is 14.3 Å². The number of alkyl carbamates (subject to hydrolysis) is 1. The highest BCUT2D eigenvalue weighted by Gasteiger charge is 2.43. The van der Waals surface area contributed by atoms with Crippen LogP contribution in [-0.2, 0) is 9.47 Å². The number of hydrogen-bond donors (Lipinski definition) is 1. The van der Waals surface area contributed by atoms with Gasteiger partial charge in [-0.15, -0.1) is 0 Å². The Kier molecular flexibility index (Phi) is 3.34. The highest BCUT2D eigenvalue weighted by Crippen LogP contribution is 2.42. The molecule has 1 heterocycles. The van der Waals surface area contributed by atoms with Gasteiger partial charge in [0.2, 0.25) is 0 Å². The number of hydrogen-bond acceptors (Lipinski definition) is 3. The van der Waals surface area contributed by atoms with Crippen molar-refractivity contribution in [3.63, 3.8) is 0 Å². The van der Waals surface area contributed by atoms with Gasteiger partial charge in [0.25, 0.3) is 0 Å². The molecule has 2 fully saturated rings. The van der Waals surface area contributed by atoms with E-state index in [1.54, 1.807) is 0 Å². The highest BCUT2D eigenvalue weighted by molar-refractivity contribution is 5.68. The second kappa shape index (κ2) is 4.48. The Balaban J connectivity index is 1.80. The SMILES string of the molecule is CC(C)(C)OC(=O)NC1CCCC2(COC2)C1. The molecule has 1 unspecified atom stereocenters. The molecule has 4 nitrogen and oxygen atoms in total. The molecule has 2 aliphatic rings. The van der Waals surface area contributed by atoms with Crippen LogP contribution in [0.4, 0.5) is 4.79 Å². The van der Waals surface area contributed by atoms with E-state index in [0.717, 1.165) is 26.1 Å². The Hall–Kier alpha value is -0.770. The summed E-state index contributed by atoms with van der Waals surface area (Å²) in [7, 11) is 0. The van der Waals surface area contributed by atoms with Gasteiger partial charge in [-0.3, -0.25) is 0 Å².